The van der Waals surface area contributed by atoms with Crippen molar-refractivity contribution in [3.63, 3.8) is 0 Å². The van der Waals surface area contributed by atoms with Crippen molar-refractivity contribution in [2.24, 2.45) is 17.3 Å². The summed E-state index contributed by atoms with van der Waals surface area (Å²) in [5.74, 6) is -0.967. The van der Waals surface area contributed by atoms with Crippen molar-refractivity contribution in [2.45, 2.75) is 84.5 Å². The maximum atomic E-state index is 12.5. The van der Waals surface area contributed by atoms with Gasteiger partial charge in [-0.2, -0.15) is 0 Å². The predicted molar refractivity (Wildman–Crippen MR) is 148 cm³/mol. The Hall–Kier alpha value is -2.17. The maximum Gasteiger partial charge on any atom is 0.316 e. The van der Waals surface area contributed by atoms with E-state index in [0.29, 0.717) is 17.1 Å². The maximum absolute atomic E-state index is 12.5. The highest BCUT2D eigenvalue weighted by Gasteiger charge is 2.33. The largest absolute Gasteiger partial charge is 0.463 e. The van der Waals surface area contributed by atoms with E-state index >= 15 is 0 Å². The highest BCUT2D eigenvalue weighted by Crippen LogP contribution is 2.29. The van der Waals surface area contributed by atoms with Crippen LogP contribution in [0.15, 0.2) is 36.0 Å². The molecule has 9 nitrogen and oxygen atoms in total. The van der Waals surface area contributed by atoms with Gasteiger partial charge in [-0.05, 0) is 82.4 Å². The third-order valence-corrected chi connectivity index (χ3v) is 7.33. The topological polar surface area (TPSA) is 140 Å². The molecule has 0 aromatic carbocycles. The Labute approximate surface area is 232 Å². The number of Topliss-reactive ketones (excluding diaryl/α,β-unsaturated/α-hetero) is 1. The van der Waals surface area contributed by atoms with E-state index < -0.39 is 42.7 Å². The smallest absolute Gasteiger partial charge is 0.316 e. The first-order valence-electron chi connectivity index (χ1n) is 13.7. The molecule has 1 aliphatic rings. The SMILES string of the molecule is C=C(C)C(=O)[C@H](OC)[C@H](O)/C(C)=C/[C@@H](C)C(=O)/C=C/CCC1CCC(OCCOC(=O)C(C)(CO)CO)CC1. The zero-order valence-corrected chi connectivity index (χ0v) is 24.2. The van der Waals surface area contributed by atoms with Gasteiger partial charge in [0.05, 0.1) is 25.9 Å². The van der Waals surface area contributed by atoms with Gasteiger partial charge in [-0.3, -0.25) is 14.4 Å². The fraction of sp³-hybridized carbons (Fsp3) is 0.700. The van der Waals surface area contributed by atoms with Gasteiger partial charge in [-0.15, -0.1) is 0 Å². The summed E-state index contributed by atoms with van der Waals surface area (Å²) in [7, 11) is 1.36. The number of allylic oxidation sites excluding steroid dienone is 3. The molecule has 0 amide bonds. The zero-order valence-electron chi connectivity index (χ0n) is 24.2. The molecule has 0 unspecified atom stereocenters. The zero-order chi connectivity index (χ0) is 29.6. The minimum Gasteiger partial charge on any atom is -0.463 e. The van der Waals surface area contributed by atoms with Crippen LogP contribution in [0.1, 0.15) is 66.2 Å². The molecule has 0 bridgehead atoms. The molecular weight excluding hydrogens is 504 g/mol. The molecule has 0 aromatic heterocycles. The minimum absolute atomic E-state index is 0.0714. The van der Waals surface area contributed by atoms with Crippen LogP contribution in [0.5, 0.6) is 0 Å². The van der Waals surface area contributed by atoms with E-state index in [0.717, 1.165) is 38.5 Å². The van der Waals surface area contributed by atoms with Gasteiger partial charge in [-0.25, -0.2) is 0 Å². The number of ketones is 2. The van der Waals surface area contributed by atoms with Crippen LogP contribution in [0.2, 0.25) is 0 Å². The van der Waals surface area contributed by atoms with Crippen molar-refractivity contribution in [2.75, 3.05) is 33.5 Å². The van der Waals surface area contributed by atoms with E-state index in [1.165, 1.54) is 14.0 Å². The van der Waals surface area contributed by atoms with Gasteiger partial charge in [0, 0.05) is 13.0 Å². The summed E-state index contributed by atoms with van der Waals surface area (Å²) >= 11 is 0. The van der Waals surface area contributed by atoms with Gasteiger partial charge in [0.25, 0.3) is 0 Å². The second-order valence-electron chi connectivity index (χ2n) is 10.9. The third-order valence-electron chi connectivity index (χ3n) is 7.33. The Morgan fingerprint density at radius 2 is 1.69 bits per heavy atom. The average Bonchev–Trinajstić information content (AvgIpc) is 2.93. The summed E-state index contributed by atoms with van der Waals surface area (Å²) in [5.41, 5.74) is -0.504. The Morgan fingerprint density at radius 1 is 1.08 bits per heavy atom. The number of carbonyl (C=O) groups excluding carboxylic acids is 3. The molecule has 1 saturated carbocycles. The summed E-state index contributed by atoms with van der Waals surface area (Å²) in [5, 5.41) is 29.0. The molecule has 3 atom stereocenters. The molecule has 1 fully saturated rings. The van der Waals surface area contributed by atoms with Crippen molar-refractivity contribution < 1.29 is 43.9 Å². The van der Waals surface area contributed by atoms with Crippen molar-refractivity contribution in [3.05, 3.63) is 36.0 Å². The number of hydrogen-bond acceptors (Lipinski definition) is 9. The number of methoxy groups -OCH3 is 1. The summed E-state index contributed by atoms with van der Waals surface area (Å²) in [4.78, 5) is 36.6. The molecule has 222 valence electrons. The molecule has 9 heteroatoms. The monoisotopic (exact) mass is 552 g/mol. The van der Waals surface area contributed by atoms with E-state index in [1.807, 2.05) is 6.08 Å². The highest BCUT2D eigenvalue weighted by molar-refractivity contribution is 5.98. The summed E-state index contributed by atoms with van der Waals surface area (Å²) in [6, 6.07) is 0. The molecule has 0 saturated heterocycles. The van der Waals surface area contributed by atoms with E-state index in [4.69, 9.17) is 14.2 Å². The van der Waals surface area contributed by atoms with Crippen LogP contribution in [0, 0.1) is 17.3 Å². The lowest BCUT2D eigenvalue weighted by Gasteiger charge is -2.28. The summed E-state index contributed by atoms with van der Waals surface area (Å²) in [6.07, 6.45) is 8.74. The molecule has 0 radical (unpaired) electrons. The number of hydrogen-bond donors (Lipinski definition) is 3. The lowest BCUT2D eigenvalue weighted by molar-refractivity contribution is -0.162. The molecule has 39 heavy (non-hydrogen) atoms. The Bertz CT molecular complexity index is 864. The Morgan fingerprint density at radius 3 is 2.23 bits per heavy atom. The van der Waals surface area contributed by atoms with E-state index in [1.54, 1.807) is 32.9 Å². The van der Waals surface area contributed by atoms with E-state index in [9.17, 15) is 29.7 Å². The first-order valence-corrected chi connectivity index (χ1v) is 13.7. The van der Waals surface area contributed by atoms with Crippen LogP contribution >= 0.6 is 0 Å². The van der Waals surface area contributed by atoms with Gasteiger partial charge in [0.15, 0.2) is 11.6 Å². The number of aliphatic hydroxyl groups excluding tert-OH is 3. The lowest BCUT2D eigenvalue weighted by atomic mass is 9.84. The van der Waals surface area contributed by atoms with Crippen LogP contribution in [-0.4, -0.2) is 84.7 Å². The Kier molecular flexibility index (Phi) is 15.6. The average molecular weight is 553 g/mol. The van der Waals surface area contributed by atoms with Gasteiger partial charge < -0.3 is 29.5 Å². The third kappa shape index (κ3) is 11.5. The Balaban J connectivity index is 2.36. The van der Waals surface area contributed by atoms with Crippen LogP contribution < -0.4 is 0 Å². The van der Waals surface area contributed by atoms with Crippen molar-refractivity contribution >= 4 is 17.5 Å². The molecule has 3 N–H and O–H groups in total. The second kappa shape index (κ2) is 17.5. The molecule has 1 rings (SSSR count). The molecule has 0 heterocycles. The minimum atomic E-state index is -1.30. The quantitative estimate of drug-likeness (QED) is 0.101. The molecule has 0 spiro atoms. The van der Waals surface area contributed by atoms with Gasteiger partial charge in [0.2, 0.25) is 0 Å². The van der Waals surface area contributed by atoms with E-state index in [-0.39, 0.29) is 30.9 Å². The number of aliphatic hydroxyl groups is 3. The standard InChI is InChI=1S/C30H48O9/c1-20(2)26(34)28(37-6)27(35)22(4)17-21(3)25(33)10-8-7-9-23-11-13-24(14-12-23)38-15-16-39-29(36)30(5,18-31)19-32/h8,10,17,21,23-24,27-28,31-32,35H,1,7,9,11-16,18-19H2,2-6H3/b10-8+,22-17+/t21-,23?,24?,27-,28+/m1/s1. The van der Waals surface area contributed by atoms with Crippen molar-refractivity contribution in [1.29, 1.82) is 0 Å². The fourth-order valence-corrected chi connectivity index (χ4v) is 4.41. The van der Waals surface area contributed by atoms with Crippen LogP contribution in [0.3, 0.4) is 0 Å². The first kappa shape index (κ1) is 34.9. The van der Waals surface area contributed by atoms with Gasteiger partial charge >= 0.3 is 5.97 Å². The number of esters is 1. The van der Waals surface area contributed by atoms with Crippen LogP contribution in [-0.2, 0) is 28.6 Å². The predicted octanol–water partition coefficient (Wildman–Crippen LogP) is 3.10. The number of carbonyl (C=O) groups is 3. The first-order chi connectivity index (χ1) is 18.4. The second-order valence-corrected chi connectivity index (χ2v) is 10.9. The van der Waals surface area contributed by atoms with Crippen LogP contribution in [0.25, 0.3) is 0 Å². The van der Waals surface area contributed by atoms with Crippen molar-refractivity contribution in [3.8, 4) is 0 Å². The van der Waals surface area contributed by atoms with E-state index in [2.05, 4.69) is 6.58 Å². The fourth-order valence-electron chi connectivity index (χ4n) is 4.41. The van der Waals surface area contributed by atoms with Gasteiger partial charge in [-0.1, -0.05) is 25.7 Å². The molecular formula is C30H48O9. The number of ether oxygens (including phenoxy) is 3. The van der Waals surface area contributed by atoms with Crippen molar-refractivity contribution in [1.82, 2.24) is 0 Å². The molecule has 0 aliphatic heterocycles. The summed E-state index contributed by atoms with van der Waals surface area (Å²) in [6.45, 7) is 9.44. The van der Waals surface area contributed by atoms with Crippen LogP contribution in [0.4, 0.5) is 0 Å². The summed E-state index contributed by atoms with van der Waals surface area (Å²) < 4.78 is 16.1. The molecule has 1 aliphatic carbocycles. The normalized spacial score (nSPS) is 20.9. The molecule has 0 aromatic rings. The van der Waals surface area contributed by atoms with Gasteiger partial charge in [0.1, 0.15) is 24.2 Å². The lowest BCUT2D eigenvalue weighted by Crippen LogP contribution is -2.37. The highest BCUT2D eigenvalue weighted by atomic mass is 16.6. The number of rotatable bonds is 18.